The number of para-hydroxylation sites is 2. The van der Waals surface area contributed by atoms with Crippen molar-refractivity contribution in [2.24, 2.45) is 10.2 Å². The first-order chi connectivity index (χ1) is 59.0. The second-order valence-electron chi connectivity index (χ2n) is 20.5. The van der Waals surface area contributed by atoms with Gasteiger partial charge in [0.05, 0.1) is 33.8 Å². The highest BCUT2D eigenvalue weighted by atomic mass is 15.2. The monoisotopic (exact) mass is 1600 g/mol. The first-order valence-electron chi connectivity index (χ1n) is 42.3. The van der Waals surface area contributed by atoms with Gasteiger partial charge in [0.15, 0.2) is 11.6 Å². The fraction of sp³-hybridized carbons (Fsp3) is 0.280. The third kappa shape index (κ3) is 46.9. The molecule has 0 atom stereocenters. The van der Waals surface area contributed by atoms with Gasteiger partial charge in [0.2, 0.25) is 11.9 Å². The number of nitrogens with one attached hydrogen (secondary N) is 3. The first kappa shape index (κ1) is 110. The van der Waals surface area contributed by atoms with Gasteiger partial charge in [-0.25, -0.2) is 29.9 Å². The Hall–Kier alpha value is -13.2. The van der Waals surface area contributed by atoms with E-state index in [1.54, 1.807) is 74.1 Å². The molecule has 0 amide bonds. The predicted molar refractivity (Wildman–Crippen MR) is 515 cm³/mol. The van der Waals surface area contributed by atoms with Crippen LogP contribution in [0.1, 0.15) is 198 Å². The summed E-state index contributed by atoms with van der Waals surface area (Å²) < 4.78 is 0. The van der Waals surface area contributed by atoms with Crippen LogP contribution < -0.4 is 10.6 Å². The third-order valence-corrected chi connectivity index (χ3v) is 13.3. The van der Waals surface area contributed by atoms with Gasteiger partial charge in [0, 0.05) is 125 Å². The molecule has 0 spiro atoms. The van der Waals surface area contributed by atoms with Crippen molar-refractivity contribution in [1.29, 1.82) is 0 Å². The van der Waals surface area contributed by atoms with E-state index in [9.17, 15) is 0 Å². The van der Waals surface area contributed by atoms with Crippen LogP contribution in [0.5, 0.6) is 0 Å². The van der Waals surface area contributed by atoms with Gasteiger partial charge in [-0.15, -0.1) is 0 Å². The highest BCUT2D eigenvalue weighted by Crippen LogP contribution is 2.24. The summed E-state index contributed by atoms with van der Waals surface area (Å²) in [4.78, 5) is 54.1. The summed E-state index contributed by atoms with van der Waals surface area (Å²) in [5.41, 5.74) is 14.3. The van der Waals surface area contributed by atoms with Gasteiger partial charge in [-0.1, -0.05) is 312 Å². The van der Waals surface area contributed by atoms with Gasteiger partial charge in [0.1, 0.15) is 6.33 Å². The topological polar surface area (TPSA) is 245 Å². The van der Waals surface area contributed by atoms with Crippen LogP contribution in [0, 0.1) is 0 Å². The van der Waals surface area contributed by atoms with Gasteiger partial charge in [-0.05, 0) is 123 Å². The average molecular weight is 1610 g/mol. The third-order valence-electron chi connectivity index (χ3n) is 13.3. The SMILES string of the molecule is CC.CC.CC.CC.CC.CC.CC.CC.CC.CC.CC.CC.CC1=NN=C(C)C1.c1ccc(-c2cc(-c3ccccc3)[nH]n2)cc1.c1ccc(-c2ccccn2)nc1.c1ccc(Cc2ccccn2)nc1.c1ccc(Nc2ncnc(Nc3ccccc3)n2)cc1.c1cnc(-c2ncccn2)nc1.c1cnc2c(c1)ccc1cccnc12. The molecule has 0 saturated heterocycles. The summed E-state index contributed by atoms with van der Waals surface area (Å²) in [6.45, 7) is 52.0. The number of aromatic nitrogens is 15. The average Bonchev–Trinajstić information content (AvgIpc) is 1.28. The van der Waals surface area contributed by atoms with Crippen molar-refractivity contribution in [1.82, 2.24) is 75.0 Å². The Balaban J connectivity index is -0.00000128. The molecule has 3 N–H and O–H groups in total. The van der Waals surface area contributed by atoms with Crippen molar-refractivity contribution in [3.05, 3.63) is 328 Å². The molecule has 0 bridgehead atoms. The normalized spacial score (nSPS) is 9.19. The highest BCUT2D eigenvalue weighted by Gasteiger charge is 2.07. The molecule has 15 aromatic rings. The Morgan fingerprint density at radius 1 is 0.277 bits per heavy atom. The molecule has 0 unspecified atom stereocenters. The van der Waals surface area contributed by atoms with E-state index in [2.05, 4.69) is 150 Å². The predicted octanol–water partition coefficient (Wildman–Crippen LogP) is 28.6. The zero-order valence-corrected chi connectivity index (χ0v) is 76.1. The van der Waals surface area contributed by atoms with Gasteiger partial charge in [0.25, 0.3) is 0 Å². The Morgan fingerprint density at radius 3 is 0.924 bits per heavy atom. The number of aromatic amines is 1. The molecular formula is C100H137N19. The van der Waals surface area contributed by atoms with Crippen molar-refractivity contribution in [3.63, 3.8) is 0 Å². The molecule has 632 valence electrons. The molecule has 19 heteroatoms. The molecular weight excluding hydrogens is 1470 g/mol. The summed E-state index contributed by atoms with van der Waals surface area (Å²) in [5.74, 6) is 2.12. The molecule has 5 aromatic carbocycles. The summed E-state index contributed by atoms with van der Waals surface area (Å²) >= 11 is 0. The van der Waals surface area contributed by atoms with Gasteiger partial charge in [-0.2, -0.15) is 20.3 Å². The van der Waals surface area contributed by atoms with Crippen molar-refractivity contribution in [2.45, 2.75) is 193 Å². The standard InChI is InChI=1S/C15H13N5.C15H12N2.C12H8N2.C11H10N2.C10H8N2.C8H6N4.C5H8N2.12C2H6/c1-3-7-12(8-4-1)18-14-16-11-17-15(20-14)19-13-9-5-2-6-10-13;1-3-7-12(8-4-1)14-11-15(17-16-14)13-9-5-2-6-10-13;1-3-9-5-6-10-4-2-8-14-12(10)11(9)13-7-1;1-3-7-12-10(5-1)9-11-6-2-4-8-13-11;1-3-7-11-9(5-1)10-6-2-4-8-12-10;1-3-9-7(10-4-1)8-11-5-2-6-12-8;1-4-3-5(2)7-6-4;12*1-2/h1-11H,(H2,16,17,18,19,20);1-11H,(H,16,17);1-8H;1-8H,9H2;1-8H;1-6H;3H2,1-2H3;12*1-2H3. The minimum atomic E-state index is 0.504. The van der Waals surface area contributed by atoms with E-state index in [-0.39, 0.29) is 0 Å². The maximum Gasteiger partial charge on any atom is 0.232 e. The maximum atomic E-state index is 4.35. The van der Waals surface area contributed by atoms with E-state index in [1.807, 2.05) is 362 Å². The molecule has 11 heterocycles. The van der Waals surface area contributed by atoms with Gasteiger partial charge < -0.3 is 10.6 Å². The number of rotatable bonds is 10. The number of fused-ring (bicyclic) bond motifs is 3. The fourth-order valence-electron chi connectivity index (χ4n) is 8.90. The molecule has 0 radical (unpaired) electrons. The van der Waals surface area contributed by atoms with E-state index >= 15 is 0 Å². The lowest BCUT2D eigenvalue weighted by Gasteiger charge is -2.07. The molecule has 10 aromatic heterocycles. The van der Waals surface area contributed by atoms with Crippen LogP contribution >= 0.6 is 0 Å². The van der Waals surface area contributed by atoms with E-state index in [0.29, 0.717) is 23.5 Å². The molecule has 0 fully saturated rings. The van der Waals surface area contributed by atoms with Crippen molar-refractivity contribution in [3.8, 4) is 45.6 Å². The number of anilines is 4. The molecule has 119 heavy (non-hydrogen) atoms. The summed E-state index contributed by atoms with van der Waals surface area (Å²) in [7, 11) is 0. The minimum absolute atomic E-state index is 0.504. The van der Waals surface area contributed by atoms with E-state index in [1.165, 1.54) is 6.33 Å². The lowest BCUT2D eigenvalue weighted by molar-refractivity contribution is 1.01. The molecule has 0 aliphatic carbocycles. The number of nitrogens with zero attached hydrogens (tertiary/aromatic N) is 16. The minimum Gasteiger partial charge on any atom is -0.324 e. The van der Waals surface area contributed by atoms with Crippen LogP contribution in [0.15, 0.2) is 327 Å². The highest BCUT2D eigenvalue weighted by molar-refractivity contribution is 6.05. The number of pyridine rings is 6. The quantitative estimate of drug-likeness (QED) is 0.108. The number of H-pyrrole nitrogens is 1. The Kier molecular flexibility index (Phi) is 72.8. The second kappa shape index (κ2) is 78.7. The second-order valence-corrected chi connectivity index (χ2v) is 20.5. The van der Waals surface area contributed by atoms with Gasteiger partial charge >= 0.3 is 0 Å². The lowest BCUT2D eigenvalue weighted by atomic mass is 10.1. The zero-order valence-electron chi connectivity index (χ0n) is 76.1. The lowest BCUT2D eigenvalue weighted by Crippen LogP contribution is -2.02. The Labute approximate surface area is 715 Å². The van der Waals surface area contributed by atoms with Crippen molar-refractivity contribution < 1.29 is 0 Å². The smallest absolute Gasteiger partial charge is 0.232 e. The van der Waals surface area contributed by atoms with Gasteiger partial charge in [-0.3, -0.25) is 35.0 Å². The molecule has 1 aliphatic heterocycles. The van der Waals surface area contributed by atoms with Crippen LogP contribution in [-0.2, 0) is 6.42 Å². The van der Waals surface area contributed by atoms with Crippen molar-refractivity contribution in [2.75, 3.05) is 10.6 Å². The van der Waals surface area contributed by atoms with E-state index < -0.39 is 0 Å². The molecule has 19 nitrogen and oxygen atoms in total. The van der Waals surface area contributed by atoms with Crippen LogP contribution in [0.3, 0.4) is 0 Å². The fourth-order valence-corrected chi connectivity index (χ4v) is 8.90. The summed E-state index contributed by atoms with van der Waals surface area (Å²) in [6.07, 6.45) is 20.7. The van der Waals surface area contributed by atoms with E-state index in [0.717, 1.165) is 103 Å². The largest absolute Gasteiger partial charge is 0.324 e. The molecule has 16 rings (SSSR count). The van der Waals surface area contributed by atoms with Crippen LogP contribution in [0.2, 0.25) is 0 Å². The maximum absolute atomic E-state index is 4.35. The Bertz CT molecular complexity index is 4340. The van der Waals surface area contributed by atoms with Crippen molar-refractivity contribution >= 4 is 56.5 Å². The number of hydrogen-bond donors (Lipinski definition) is 3. The first-order valence-corrected chi connectivity index (χ1v) is 42.3. The molecule has 0 saturated carbocycles. The Morgan fingerprint density at radius 2 is 0.597 bits per heavy atom. The van der Waals surface area contributed by atoms with Crippen LogP contribution in [0.4, 0.5) is 23.3 Å². The van der Waals surface area contributed by atoms with Crippen LogP contribution in [-0.4, -0.2) is 86.4 Å². The number of hydrogen-bond acceptors (Lipinski definition) is 18. The number of benzene rings is 5. The zero-order chi connectivity index (χ0) is 89.2. The summed E-state index contributed by atoms with van der Waals surface area (Å²) in [6, 6.07) is 81.1. The summed E-state index contributed by atoms with van der Waals surface area (Å²) in [5, 5.41) is 23.6. The van der Waals surface area contributed by atoms with Crippen LogP contribution in [0.25, 0.3) is 67.4 Å². The molecule has 1 aliphatic rings. The van der Waals surface area contributed by atoms with E-state index in [4.69, 9.17) is 0 Å².